The van der Waals surface area contributed by atoms with Gasteiger partial charge in [0, 0.05) is 30.0 Å². The number of hydrogen-bond donors (Lipinski definition) is 0. The van der Waals surface area contributed by atoms with Gasteiger partial charge in [-0.3, -0.25) is 0 Å². The van der Waals surface area contributed by atoms with Gasteiger partial charge in [-0.1, -0.05) is 38.0 Å². The van der Waals surface area contributed by atoms with Crippen molar-refractivity contribution in [3.8, 4) is 0 Å². The summed E-state index contributed by atoms with van der Waals surface area (Å²) in [6.07, 6.45) is 6.05. The SMILES string of the molecule is CCCCC1Cc2oc3ccccc3c2CCN1C. The van der Waals surface area contributed by atoms with E-state index in [4.69, 9.17) is 4.42 Å². The number of furan rings is 1. The molecule has 102 valence electrons. The third-order valence-corrected chi connectivity index (χ3v) is 4.43. The second kappa shape index (κ2) is 5.38. The van der Waals surface area contributed by atoms with E-state index < -0.39 is 0 Å². The molecular weight excluding hydrogens is 234 g/mol. The molecule has 0 N–H and O–H groups in total. The number of fused-ring (bicyclic) bond motifs is 3. The summed E-state index contributed by atoms with van der Waals surface area (Å²) in [4.78, 5) is 2.51. The maximum absolute atomic E-state index is 6.10. The Morgan fingerprint density at radius 1 is 1.32 bits per heavy atom. The van der Waals surface area contributed by atoms with Crippen LogP contribution in [0.25, 0.3) is 11.0 Å². The monoisotopic (exact) mass is 257 g/mol. The van der Waals surface area contributed by atoms with Crippen LogP contribution in [0, 0.1) is 0 Å². The second-order valence-electron chi connectivity index (χ2n) is 5.73. The van der Waals surface area contributed by atoms with E-state index in [-0.39, 0.29) is 0 Å². The average molecular weight is 257 g/mol. The first kappa shape index (κ1) is 12.7. The highest BCUT2D eigenvalue weighted by Gasteiger charge is 2.24. The molecule has 2 heterocycles. The molecule has 0 aliphatic carbocycles. The molecule has 0 fully saturated rings. The van der Waals surface area contributed by atoms with Crippen LogP contribution in [0.5, 0.6) is 0 Å². The molecule has 2 heteroatoms. The van der Waals surface area contributed by atoms with Crippen LogP contribution >= 0.6 is 0 Å². The quantitative estimate of drug-likeness (QED) is 0.825. The first-order valence-electron chi connectivity index (χ1n) is 7.49. The van der Waals surface area contributed by atoms with E-state index in [1.54, 1.807) is 0 Å². The van der Waals surface area contributed by atoms with Gasteiger partial charge < -0.3 is 9.32 Å². The zero-order valence-corrected chi connectivity index (χ0v) is 12.0. The zero-order chi connectivity index (χ0) is 13.2. The van der Waals surface area contributed by atoms with E-state index in [0.29, 0.717) is 6.04 Å². The minimum absolute atomic E-state index is 0.641. The highest BCUT2D eigenvalue weighted by molar-refractivity contribution is 5.82. The third kappa shape index (κ3) is 2.42. The molecule has 3 rings (SSSR count). The Morgan fingerprint density at radius 2 is 2.16 bits per heavy atom. The Bertz CT molecular complexity index is 557. The number of nitrogens with zero attached hydrogens (tertiary/aromatic N) is 1. The summed E-state index contributed by atoms with van der Waals surface area (Å²) in [6.45, 7) is 3.41. The molecule has 1 atom stereocenters. The molecule has 1 unspecified atom stereocenters. The molecule has 0 radical (unpaired) electrons. The predicted octanol–water partition coefficient (Wildman–Crippen LogP) is 4.02. The van der Waals surface area contributed by atoms with Gasteiger partial charge in [-0.25, -0.2) is 0 Å². The molecule has 1 aliphatic heterocycles. The van der Waals surface area contributed by atoms with Crippen LogP contribution in [-0.2, 0) is 12.8 Å². The summed E-state index contributed by atoms with van der Waals surface area (Å²) >= 11 is 0. The number of rotatable bonds is 3. The third-order valence-electron chi connectivity index (χ3n) is 4.43. The summed E-state index contributed by atoms with van der Waals surface area (Å²) in [5.41, 5.74) is 2.51. The molecule has 19 heavy (non-hydrogen) atoms. The van der Waals surface area contributed by atoms with Crippen molar-refractivity contribution in [3.63, 3.8) is 0 Å². The number of likely N-dealkylation sites (N-methyl/N-ethyl adjacent to an activating group) is 1. The Balaban J connectivity index is 1.93. The first-order chi connectivity index (χ1) is 9.29. The minimum Gasteiger partial charge on any atom is -0.461 e. The van der Waals surface area contributed by atoms with Crippen LogP contribution < -0.4 is 0 Å². The highest BCUT2D eigenvalue weighted by atomic mass is 16.3. The number of para-hydroxylation sites is 1. The lowest BCUT2D eigenvalue weighted by Gasteiger charge is -2.25. The van der Waals surface area contributed by atoms with Crippen molar-refractivity contribution in [2.45, 2.75) is 45.1 Å². The summed E-state index contributed by atoms with van der Waals surface area (Å²) in [5, 5.41) is 1.32. The van der Waals surface area contributed by atoms with Gasteiger partial charge in [0.15, 0.2) is 0 Å². The van der Waals surface area contributed by atoms with Gasteiger partial charge in [-0.2, -0.15) is 0 Å². The Labute approximate surface area is 115 Å². The molecule has 0 spiro atoms. The fourth-order valence-electron chi connectivity index (χ4n) is 3.19. The van der Waals surface area contributed by atoms with Crippen molar-refractivity contribution in [2.75, 3.05) is 13.6 Å². The number of unbranched alkanes of at least 4 members (excludes halogenated alkanes) is 1. The minimum atomic E-state index is 0.641. The molecule has 1 aromatic carbocycles. The van der Waals surface area contributed by atoms with Gasteiger partial charge in [0.25, 0.3) is 0 Å². The lowest BCUT2D eigenvalue weighted by atomic mass is 10.0. The number of hydrogen-bond acceptors (Lipinski definition) is 2. The van der Waals surface area contributed by atoms with Crippen LogP contribution in [0.3, 0.4) is 0 Å². The van der Waals surface area contributed by atoms with Crippen molar-refractivity contribution >= 4 is 11.0 Å². The van der Waals surface area contributed by atoms with Gasteiger partial charge in [0.2, 0.25) is 0 Å². The van der Waals surface area contributed by atoms with Crippen molar-refractivity contribution < 1.29 is 4.42 Å². The summed E-state index contributed by atoms with van der Waals surface area (Å²) in [7, 11) is 2.26. The second-order valence-corrected chi connectivity index (χ2v) is 5.73. The lowest BCUT2D eigenvalue weighted by molar-refractivity contribution is 0.229. The normalized spacial score (nSPS) is 20.4. The van der Waals surface area contributed by atoms with Crippen molar-refractivity contribution in [1.82, 2.24) is 4.90 Å². The Morgan fingerprint density at radius 3 is 3.00 bits per heavy atom. The van der Waals surface area contributed by atoms with E-state index in [0.717, 1.165) is 25.0 Å². The molecular formula is C17H23NO. The average Bonchev–Trinajstić information content (AvgIpc) is 2.70. The van der Waals surface area contributed by atoms with Crippen molar-refractivity contribution in [3.05, 3.63) is 35.6 Å². The molecule has 1 aromatic heterocycles. The Hall–Kier alpha value is -1.28. The highest BCUT2D eigenvalue weighted by Crippen LogP contribution is 2.30. The molecule has 0 saturated carbocycles. The maximum atomic E-state index is 6.10. The topological polar surface area (TPSA) is 16.4 Å². The van der Waals surface area contributed by atoms with Crippen LogP contribution in [0.1, 0.15) is 37.5 Å². The van der Waals surface area contributed by atoms with Crippen LogP contribution in [0.15, 0.2) is 28.7 Å². The van der Waals surface area contributed by atoms with Crippen LogP contribution in [0.4, 0.5) is 0 Å². The fourth-order valence-corrected chi connectivity index (χ4v) is 3.19. The molecule has 1 aliphatic rings. The van der Waals surface area contributed by atoms with Gasteiger partial charge >= 0.3 is 0 Å². The smallest absolute Gasteiger partial charge is 0.134 e. The fraction of sp³-hybridized carbons (Fsp3) is 0.529. The van der Waals surface area contributed by atoms with Crippen LogP contribution in [0.2, 0.25) is 0 Å². The maximum Gasteiger partial charge on any atom is 0.134 e. The zero-order valence-electron chi connectivity index (χ0n) is 12.0. The van der Waals surface area contributed by atoms with Crippen molar-refractivity contribution in [1.29, 1.82) is 0 Å². The number of benzene rings is 1. The van der Waals surface area contributed by atoms with E-state index in [2.05, 4.69) is 43.1 Å². The Kier molecular flexibility index (Phi) is 3.61. The van der Waals surface area contributed by atoms with E-state index in [9.17, 15) is 0 Å². The molecule has 0 bridgehead atoms. The molecule has 2 nitrogen and oxygen atoms in total. The molecule has 2 aromatic rings. The lowest BCUT2D eigenvalue weighted by Crippen LogP contribution is -2.33. The first-order valence-corrected chi connectivity index (χ1v) is 7.49. The summed E-state index contributed by atoms with van der Waals surface area (Å²) < 4.78 is 6.10. The molecule has 0 amide bonds. The van der Waals surface area contributed by atoms with Gasteiger partial charge in [0.05, 0.1) is 0 Å². The van der Waals surface area contributed by atoms with Gasteiger partial charge in [0.1, 0.15) is 11.3 Å². The van der Waals surface area contributed by atoms with Crippen molar-refractivity contribution in [2.24, 2.45) is 0 Å². The van der Waals surface area contributed by atoms with Crippen LogP contribution in [-0.4, -0.2) is 24.5 Å². The van der Waals surface area contributed by atoms with E-state index in [1.807, 2.05) is 0 Å². The van der Waals surface area contributed by atoms with E-state index >= 15 is 0 Å². The predicted molar refractivity (Wildman–Crippen MR) is 79.6 cm³/mol. The van der Waals surface area contributed by atoms with Gasteiger partial charge in [-0.05, 0) is 26.0 Å². The largest absolute Gasteiger partial charge is 0.461 e. The summed E-state index contributed by atoms with van der Waals surface area (Å²) in [5.74, 6) is 1.23. The molecule has 0 saturated heterocycles. The standard InChI is InChI=1S/C17H23NO/c1-3-4-7-13-12-17-15(10-11-18(13)2)14-8-5-6-9-16(14)19-17/h5-6,8-9,13H,3-4,7,10-12H2,1-2H3. The summed E-state index contributed by atoms with van der Waals surface area (Å²) in [6, 6.07) is 9.10. The van der Waals surface area contributed by atoms with Gasteiger partial charge in [-0.15, -0.1) is 0 Å². The van der Waals surface area contributed by atoms with E-state index in [1.165, 1.54) is 36.0 Å².